The molecule has 0 saturated carbocycles. The van der Waals surface area contributed by atoms with Crippen LogP contribution in [0, 0.1) is 10.1 Å². The second-order valence-electron chi connectivity index (χ2n) is 5.81. The Hall–Kier alpha value is -3.42. The second-order valence-corrected chi connectivity index (χ2v) is 5.81. The number of hydrogen-bond acceptors (Lipinski definition) is 6. The third kappa shape index (κ3) is 4.81. The summed E-state index contributed by atoms with van der Waals surface area (Å²) in [6.45, 7) is 1.37. The third-order valence-electron chi connectivity index (χ3n) is 4.20. The Morgan fingerprint density at radius 3 is 2.44 bits per heavy atom. The molecule has 0 spiro atoms. The lowest BCUT2D eigenvalue weighted by molar-refractivity contribution is -0.384. The molecule has 0 radical (unpaired) electrons. The van der Waals surface area contributed by atoms with Gasteiger partial charge in [0.15, 0.2) is 6.61 Å². The van der Waals surface area contributed by atoms with Crippen LogP contribution >= 0.6 is 0 Å². The Bertz CT molecular complexity index is 837. The van der Waals surface area contributed by atoms with Crippen molar-refractivity contribution in [1.82, 2.24) is 4.90 Å². The van der Waals surface area contributed by atoms with Crippen molar-refractivity contribution in [1.29, 1.82) is 0 Å². The summed E-state index contributed by atoms with van der Waals surface area (Å²) in [5.74, 6) is -1.14. The first kappa shape index (κ1) is 19.9. The first-order valence-electron chi connectivity index (χ1n) is 8.15. The molecule has 0 N–H and O–H groups in total. The summed E-state index contributed by atoms with van der Waals surface area (Å²) >= 11 is 0. The predicted molar refractivity (Wildman–Crippen MR) is 97.6 cm³/mol. The van der Waals surface area contributed by atoms with Crippen molar-refractivity contribution in [2.45, 2.75) is 13.0 Å². The summed E-state index contributed by atoms with van der Waals surface area (Å²) in [6, 6.07) is 12.8. The number of ether oxygens (including phenoxy) is 2. The summed E-state index contributed by atoms with van der Waals surface area (Å²) in [5, 5.41) is 10.9. The van der Waals surface area contributed by atoms with E-state index in [0.29, 0.717) is 0 Å². The molecule has 142 valence electrons. The quantitative estimate of drug-likeness (QED) is 0.421. The van der Waals surface area contributed by atoms with Gasteiger partial charge in [0.25, 0.3) is 11.6 Å². The summed E-state index contributed by atoms with van der Waals surface area (Å²) in [4.78, 5) is 36.3. The number of carbonyl (C=O) groups is 2. The minimum atomic E-state index is -0.871. The molecule has 1 atom stereocenters. The van der Waals surface area contributed by atoms with Crippen molar-refractivity contribution in [3.63, 3.8) is 0 Å². The van der Waals surface area contributed by atoms with Gasteiger partial charge in [0.05, 0.1) is 18.1 Å². The highest BCUT2D eigenvalue weighted by molar-refractivity contribution is 5.94. The van der Waals surface area contributed by atoms with E-state index in [1.165, 1.54) is 24.1 Å². The zero-order valence-corrected chi connectivity index (χ0v) is 15.2. The van der Waals surface area contributed by atoms with E-state index in [9.17, 15) is 19.7 Å². The van der Waals surface area contributed by atoms with Crippen molar-refractivity contribution in [2.75, 3.05) is 20.8 Å². The Morgan fingerprint density at radius 1 is 1.19 bits per heavy atom. The smallest absolute Gasteiger partial charge is 0.342 e. The topological polar surface area (TPSA) is 99.0 Å². The maximum absolute atomic E-state index is 12.3. The third-order valence-corrected chi connectivity index (χ3v) is 4.20. The molecule has 27 heavy (non-hydrogen) atoms. The van der Waals surface area contributed by atoms with Gasteiger partial charge < -0.3 is 14.4 Å². The minimum Gasteiger partial charge on any atom is -0.496 e. The Labute approximate surface area is 156 Å². The van der Waals surface area contributed by atoms with E-state index in [1.807, 2.05) is 37.3 Å². The monoisotopic (exact) mass is 372 g/mol. The van der Waals surface area contributed by atoms with E-state index < -0.39 is 23.4 Å². The molecule has 0 unspecified atom stereocenters. The molecule has 0 aliphatic rings. The van der Waals surface area contributed by atoms with Crippen LogP contribution in [0.2, 0.25) is 0 Å². The van der Waals surface area contributed by atoms with Crippen LogP contribution in [0.4, 0.5) is 5.69 Å². The van der Waals surface area contributed by atoms with Crippen LogP contribution < -0.4 is 4.74 Å². The van der Waals surface area contributed by atoms with Crippen molar-refractivity contribution >= 4 is 17.6 Å². The first-order chi connectivity index (χ1) is 12.8. The van der Waals surface area contributed by atoms with Gasteiger partial charge in [-0.05, 0) is 18.6 Å². The summed E-state index contributed by atoms with van der Waals surface area (Å²) in [6.07, 6.45) is 0. The van der Waals surface area contributed by atoms with Crippen LogP contribution in [0.15, 0.2) is 48.5 Å². The summed E-state index contributed by atoms with van der Waals surface area (Å²) < 4.78 is 10.1. The molecule has 0 heterocycles. The number of nitro benzene ring substituents is 1. The molecular weight excluding hydrogens is 352 g/mol. The minimum absolute atomic E-state index is 0.113. The van der Waals surface area contributed by atoms with Crippen molar-refractivity contribution in [3.05, 3.63) is 69.8 Å². The lowest BCUT2D eigenvalue weighted by atomic mass is 10.1. The van der Waals surface area contributed by atoms with Gasteiger partial charge in [0.2, 0.25) is 0 Å². The van der Waals surface area contributed by atoms with Crippen molar-refractivity contribution < 1.29 is 24.0 Å². The number of amides is 1. The highest BCUT2D eigenvalue weighted by Gasteiger charge is 2.22. The Balaban J connectivity index is 2.05. The van der Waals surface area contributed by atoms with Gasteiger partial charge in [-0.25, -0.2) is 4.79 Å². The van der Waals surface area contributed by atoms with Gasteiger partial charge in [0, 0.05) is 19.2 Å². The summed E-state index contributed by atoms with van der Waals surface area (Å²) in [7, 11) is 2.94. The highest BCUT2D eigenvalue weighted by Crippen LogP contribution is 2.25. The normalized spacial score (nSPS) is 11.4. The van der Waals surface area contributed by atoms with Crippen LogP contribution in [0.25, 0.3) is 0 Å². The average Bonchev–Trinajstić information content (AvgIpc) is 2.70. The molecule has 2 aromatic rings. The van der Waals surface area contributed by atoms with Gasteiger partial charge in [-0.1, -0.05) is 30.3 Å². The number of hydrogen-bond donors (Lipinski definition) is 0. The Morgan fingerprint density at radius 2 is 1.85 bits per heavy atom. The predicted octanol–water partition coefficient (Wildman–Crippen LogP) is 2.98. The molecule has 0 bridgehead atoms. The van der Waals surface area contributed by atoms with Crippen molar-refractivity contribution in [2.24, 2.45) is 0 Å². The van der Waals surface area contributed by atoms with Crippen LogP contribution in [-0.2, 0) is 9.53 Å². The van der Waals surface area contributed by atoms with Gasteiger partial charge in [0.1, 0.15) is 11.3 Å². The van der Waals surface area contributed by atoms with Crippen LogP contribution in [0.1, 0.15) is 28.9 Å². The maximum Gasteiger partial charge on any atom is 0.342 e. The molecule has 0 aromatic heterocycles. The fourth-order valence-corrected chi connectivity index (χ4v) is 2.45. The molecule has 8 nitrogen and oxygen atoms in total. The standard InChI is InChI=1S/C19H20N2O6/c1-13(14-7-5-4-6-8-14)20(2)18(22)12-27-19(23)16-11-15(21(24)25)9-10-17(16)26-3/h4-11,13H,12H2,1-3H3/t13-/m0/s1. The molecular formula is C19H20N2O6. The number of nitro groups is 1. The van der Waals surface area contributed by atoms with E-state index in [2.05, 4.69) is 0 Å². The number of non-ortho nitro benzene ring substituents is 1. The number of esters is 1. The molecule has 2 aromatic carbocycles. The second kappa shape index (κ2) is 8.79. The lowest BCUT2D eigenvalue weighted by Crippen LogP contribution is -2.33. The van der Waals surface area contributed by atoms with E-state index in [0.717, 1.165) is 11.6 Å². The van der Waals surface area contributed by atoms with Gasteiger partial charge >= 0.3 is 5.97 Å². The largest absolute Gasteiger partial charge is 0.496 e. The molecule has 0 aliphatic heterocycles. The Kier molecular flexibility index (Phi) is 6.48. The van der Waals surface area contributed by atoms with E-state index >= 15 is 0 Å². The van der Waals surface area contributed by atoms with Crippen LogP contribution in [-0.4, -0.2) is 42.5 Å². The zero-order chi connectivity index (χ0) is 20.0. The van der Waals surface area contributed by atoms with Gasteiger partial charge in [-0.3, -0.25) is 14.9 Å². The molecule has 0 fully saturated rings. The number of likely N-dealkylation sites (N-methyl/N-ethyl adjacent to an activating group) is 1. The SMILES string of the molecule is COc1ccc([N+](=O)[O-])cc1C(=O)OCC(=O)N(C)[C@@H](C)c1ccccc1. The van der Waals surface area contributed by atoms with Crippen LogP contribution in [0.5, 0.6) is 5.75 Å². The fraction of sp³-hybridized carbons (Fsp3) is 0.263. The fourth-order valence-electron chi connectivity index (χ4n) is 2.45. The van der Waals surface area contributed by atoms with E-state index in [1.54, 1.807) is 7.05 Å². The lowest BCUT2D eigenvalue weighted by Gasteiger charge is -2.25. The molecule has 2 rings (SSSR count). The number of rotatable bonds is 7. The zero-order valence-electron chi connectivity index (χ0n) is 15.2. The van der Waals surface area contributed by atoms with E-state index in [4.69, 9.17) is 9.47 Å². The number of carbonyl (C=O) groups excluding carboxylic acids is 2. The highest BCUT2D eigenvalue weighted by atomic mass is 16.6. The molecule has 0 aliphatic carbocycles. The van der Waals surface area contributed by atoms with Crippen LogP contribution in [0.3, 0.4) is 0 Å². The molecule has 8 heteroatoms. The average molecular weight is 372 g/mol. The van der Waals surface area contributed by atoms with Crippen molar-refractivity contribution in [3.8, 4) is 5.75 Å². The summed E-state index contributed by atoms with van der Waals surface area (Å²) in [5.41, 5.74) is 0.558. The number of benzene rings is 2. The molecule has 0 saturated heterocycles. The van der Waals surface area contributed by atoms with Gasteiger partial charge in [-0.15, -0.1) is 0 Å². The number of methoxy groups -OCH3 is 1. The van der Waals surface area contributed by atoms with E-state index in [-0.39, 0.29) is 23.0 Å². The first-order valence-corrected chi connectivity index (χ1v) is 8.15. The number of nitrogens with zero attached hydrogens (tertiary/aromatic N) is 2. The van der Waals surface area contributed by atoms with Gasteiger partial charge in [-0.2, -0.15) is 0 Å². The maximum atomic E-state index is 12.3. The molecule has 1 amide bonds.